The predicted molar refractivity (Wildman–Crippen MR) is 90.9 cm³/mol. The smallest absolute Gasteiger partial charge is 0.0406 e. The molecule has 1 nitrogen and oxygen atoms in total. The lowest BCUT2D eigenvalue weighted by atomic mass is 9.82. The van der Waals surface area contributed by atoms with E-state index in [9.17, 15) is 0 Å². The fraction of sp³-hybridized carbons (Fsp3) is 0.684. The highest BCUT2D eigenvalue weighted by atomic mass is 35.5. The summed E-state index contributed by atoms with van der Waals surface area (Å²) in [6.45, 7) is 1.21. The number of hydrogen-bond acceptors (Lipinski definition) is 1. The first kappa shape index (κ1) is 15.4. The highest BCUT2D eigenvalue weighted by Gasteiger charge is 2.26. The molecular weight excluding hydrogens is 278 g/mol. The molecule has 1 atom stereocenters. The predicted octanol–water partition coefficient (Wildman–Crippen LogP) is 5.22. The largest absolute Gasteiger partial charge is 0.314 e. The molecule has 0 aliphatic heterocycles. The first-order valence-electron chi connectivity index (χ1n) is 8.79. The van der Waals surface area contributed by atoms with Gasteiger partial charge in [-0.1, -0.05) is 62.3 Å². The molecule has 1 N–H and O–H groups in total. The third kappa shape index (κ3) is 5.00. The van der Waals surface area contributed by atoms with E-state index in [1.807, 2.05) is 12.1 Å². The maximum absolute atomic E-state index is 6.02. The molecule has 1 unspecified atom stereocenters. The summed E-state index contributed by atoms with van der Waals surface area (Å²) in [6, 6.07) is 9.32. The number of benzene rings is 1. The zero-order valence-electron chi connectivity index (χ0n) is 13.0. The SMILES string of the molecule is Clc1ccc(CC(CNC2CC2)C2CCCCCC2)cc1. The summed E-state index contributed by atoms with van der Waals surface area (Å²) in [5.41, 5.74) is 1.45. The summed E-state index contributed by atoms with van der Waals surface area (Å²) in [6.07, 6.45) is 12.6. The van der Waals surface area contributed by atoms with E-state index in [-0.39, 0.29) is 0 Å². The van der Waals surface area contributed by atoms with Gasteiger partial charge in [0.25, 0.3) is 0 Å². The molecule has 2 aliphatic rings. The van der Waals surface area contributed by atoms with Gasteiger partial charge in [0.1, 0.15) is 0 Å². The Labute approximate surface area is 134 Å². The molecule has 2 aliphatic carbocycles. The Hall–Kier alpha value is -0.530. The lowest BCUT2D eigenvalue weighted by molar-refractivity contribution is 0.284. The van der Waals surface area contributed by atoms with Crippen LogP contribution in [0.4, 0.5) is 0 Å². The summed E-state index contributed by atoms with van der Waals surface area (Å²) in [7, 11) is 0. The minimum Gasteiger partial charge on any atom is -0.314 e. The summed E-state index contributed by atoms with van der Waals surface area (Å²) >= 11 is 6.02. The number of nitrogens with one attached hydrogen (secondary N) is 1. The van der Waals surface area contributed by atoms with Crippen molar-refractivity contribution >= 4 is 11.6 Å². The van der Waals surface area contributed by atoms with Crippen LogP contribution in [-0.2, 0) is 6.42 Å². The number of rotatable bonds is 6. The third-order valence-electron chi connectivity index (χ3n) is 5.22. The summed E-state index contributed by atoms with van der Waals surface area (Å²) in [5.74, 6) is 1.71. The van der Waals surface area contributed by atoms with E-state index in [2.05, 4.69) is 17.4 Å². The van der Waals surface area contributed by atoms with Gasteiger partial charge in [0, 0.05) is 11.1 Å². The first-order chi connectivity index (χ1) is 10.3. The van der Waals surface area contributed by atoms with Crippen LogP contribution < -0.4 is 5.32 Å². The third-order valence-corrected chi connectivity index (χ3v) is 5.48. The molecule has 116 valence electrons. The standard InChI is InChI=1S/C19H28ClN/c20-18-9-7-15(8-10-18)13-17(14-21-19-11-12-19)16-5-3-1-2-4-6-16/h7-10,16-17,19,21H,1-6,11-14H2. The van der Waals surface area contributed by atoms with Gasteiger partial charge in [-0.05, 0) is 55.3 Å². The van der Waals surface area contributed by atoms with Crippen molar-refractivity contribution < 1.29 is 0 Å². The van der Waals surface area contributed by atoms with Crippen molar-refractivity contribution in [2.24, 2.45) is 11.8 Å². The van der Waals surface area contributed by atoms with Gasteiger partial charge in [-0.2, -0.15) is 0 Å². The van der Waals surface area contributed by atoms with Gasteiger partial charge in [-0.25, -0.2) is 0 Å². The van der Waals surface area contributed by atoms with Gasteiger partial charge in [0.2, 0.25) is 0 Å². The van der Waals surface area contributed by atoms with Gasteiger partial charge in [-0.15, -0.1) is 0 Å². The zero-order valence-corrected chi connectivity index (χ0v) is 13.7. The fourth-order valence-electron chi connectivity index (χ4n) is 3.72. The van der Waals surface area contributed by atoms with Crippen LogP contribution in [0.25, 0.3) is 0 Å². The van der Waals surface area contributed by atoms with Crippen molar-refractivity contribution in [1.82, 2.24) is 5.32 Å². The van der Waals surface area contributed by atoms with Gasteiger partial charge < -0.3 is 5.32 Å². The molecule has 0 bridgehead atoms. The van der Waals surface area contributed by atoms with Crippen molar-refractivity contribution in [3.8, 4) is 0 Å². The molecule has 0 aromatic heterocycles. The molecule has 1 aromatic carbocycles. The van der Waals surface area contributed by atoms with E-state index in [1.165, 1.54) is 69.9 Å². The molecule has 0 spiro atoms. The highest BCUT2D eigenvalue weighted by Crippen LogP contribution is 2.32. The molecule has 0 amide bonds. The lowest BCUT2D eigenvalue weighted by Crippen LogP contribution is -2.31. The van der Waals surface area contributed by atoms with E-state index in [1.54, 1.807) is 0 Å². The highest BCUT2D eigenvalue weighted by molar-refractivity contribution is 6.30. The average Bonchev–Trinajstić information content (AvgIpc) is 3.32. The van der Waals surface area contributed by atoms with Crippen LogP contribution >= 0.6 is 11.6 Å². The minimum absolute atomic E-state index is 0.796. The normalized spacial score (nSPS) is 22.0. The summed E-state index contributed by atoms with van der Waals surface area (Å²) in [5, 5.41) is 4.63. The van der Waals surface area contributed by atoms with E-state index in [0.29, 0.717) is 0 Å². The zero-order chi connectivity index (χ0) is 14.5. The van der Waals surface area contributed by atoms with Crippen molar-refractivity contribution in [3.05, 3.63) is 34.9 Å². The van der Waals surface area contributed by atoms with Crippen molar-refractivity contribution in [2.45, 2.75) is 63.8 Å². The van der Waals surface area contributed by atoms with E-state index in [4.69, 9.17) is 11.6 Å². The summed E-state index contributed by atoms with van der Waals surface area (Å²) in [4.78, 5) is 0. The van der Waals surface area contributed by atoms with Crippen LogP contribution in [0.2, 0.25) is 5.02 Å². The van der Waals surface area contributed by atoms with Gasteiger partial charge in [0.05, 0.1) is 0 Å². The topological polar surface area (TPSA) is 12.0 Å². The fourth-order valence-corrected chi connectivity index (χ4v) is 3.84. The van der Waals surface area contributed by atoms with Crippen molar-refractivity contribution in [2.75, 3.05) is 6.54 Å². The van der Waals surface area contributed by atoms with Crippen LogP contribution in [0.1, 0.15) is 56.9 Å². The maximum Gasteiger partial charge on any atom is 0.0406 e. The van der Waals surface area contributed by atoms with E-state index < -0.39 is 0 Å². The molecule has 2 heteroatoms. The average molecular weight is 306 g/mol. The monoisotopic (exact) mass is 305 g/mol. The lowest BCUT2D eigenvalue weighted by Gasteiger charge is -2.27. The molecular formula is C19H28ClN. The van der Waals surface area contributed by atoms with Crippen molar-refractivity contribution in [3.63, 3.8) is 0 Å². The molecule has 0 heterocycles. The Bertz CT molecular complexity index is 416. The second-order valence-electron chi connectivity index (χ2n) is 7.02. The van der Waals surface area contributed by atoms with Crippen LogP contribution in [0.5, 0.6) is 0 Å². The molecule has 0 saturated heterocycles. The quantitative estimate of drug-likeness (QED) is 0.710. The number of halogens is 1. The van der Waals surface area contributed by atoms with Crippen LogP contribution in [0, 0.1) is 11.8 Å². The van der Waals surface area contributed by atoms with Gasteiger partial charge in [-0.3, -0.25) is 0 Å². The Morgan fingerprint density at radius 2 is 1.62 bits per heavy atom. The van der Waals surface area contributed by atoms with E-state index >= 15 is 0 Å². The second kappa shape index (κ2) is 7.65. The molecule has 21 heavy (non-hydrogen) atoms. The Morgan fingerprint density at radius 3 is 2.24 bits per heavy atom. The molecule has 3 rings (SSSR count). The Kier molecular flexibility index (Phi) is 5.60. The van der Waals surface area contributed by atoms with Crippen LogP contribution in [-0.4, -0.2) is 12.6 Å². The minimum atomic E-state index is 0.796. The van der Waals surface area contributed by atoms with E-state index in [0.717, 1.165) is 22.9 Å². The number of hydrogen-bond donors (Lipinski definition) is 1. The van der Waals surface area contributed by atoms with Gasteiger partial charge >= 0.3 is 0 Å². The molecule has 0 radical (unpaired) electrons. The molecule has 2 fully saturated rings. The maximum atomic E-state index is 6.02. The first-order valence-corrected chi connectivity index (χ1v) is 9.17. The Morgan fingerprint density at radius 1 is 0.952 bits per heavy atom. The molecule has 1 aromatic rings. The Balaban J connectivity index is 1.62. The second-order valence-corrected chi connectivity index (χ2v) is 7.46. The summed E-state index contributed by atoms with van der Waals surface area (Å²) < 4.78 is 0. The van der Waals surface area contributed by atoms with Gasteiger partial charge in [0.15, 0.2) is 0 Å². The van der Waals surface area contributed by atoms with Crippen molar-refractivity contribution in [1.29, 1.82) is 0 Å². The van der Waals surface area contributed by atoms with Crippen LogP contribution in [0.3, 0.4) is 0 Å². The molecule has 2 saturated carbocycles. The van der Waals surface area contributed by atoms with Crippen LogP contribution in [0.15, 0.2) is 24.3 Å².